The molecule has 174 valence electrons. The number of hydrogen-bond acceptors (Lipinski definition) is 0. The Labute approximate surface area is 205 Å². The Kier molecular flexibility index (Phi) is 16.6. The van der Waals surface area contributed by atoms with Crippen molar-refractivity contribution in [3.8, 4) is 11.8 Å². The van der Waals surface area contributed by atoms with Gasteiger partial charge in [0.05, 0.1) is 0 Å². The number of hydrogen-bond donors (Lipinski definition) is 0. The van der Waals surface area contributed by atoms with Crippen molar-refractivity contribution in [2.75, 3.05) is 12.3 Å². The molecule has 0 unspecified atom stereocenters. The average molecular weight is 499 g/mol. The molecule has 0 nitrogen and oxygen atoms in total. The Bertz CT molecular complexity index is 663. The maximum atomic E-state index is 3.11. The molecule has 0 heterocycles. The van der Waals surface area contributed by atoms with Crippen LogP contribution in [0.1, 0.15) is 66.5 Å². The summed E-state index contributed by atoms with van der Waals surface area (Å²) in [5.41, 5.74) is 5.74. The van der Waals surface area contributed by atoms with Crippen LogP contribution in [0.5, 0.6) is 0 Å². The summed E-state index contributed by atoms with van der Waals surface area (Å²) in [6.45, 7) is 19.3. The Morgan fingerprint density at radius 2 is 0.774 bits per heavy atom. The third-order valence-corrected chi connectivity index (χ3v) is 12.3. The van der Waals surface area contributed by atoms with Crippen molar-refractivity contribution in [2.45, 2.75) is 78.0 Å². The fourth-order valence-electron chi connectivity index (χ4n) is 3.64. The van der Waals surface area contributed by atoms with E-state index in [4.69, 9.17) is 0 Å². The smallest absolute Gasteiger partial charge is 0.0249 e. The van der Waals surface area contributed by atoms with Gasteiger partial charge in [0.2, 0.25) is 0 Å². The van der Waals surface area contributed by atoms with E-state index in [1.165, 1.54) is 12.3 Å². The van der Waals surface area contributed by atoms with Gasteiger partial charge < -0.3 is 0 Å². The second kappa shape index (κ2) is 16.9. The summed E-state index contributed by atoms with van der Waals surface area (Å²) in [6.07, 6.45) is 3.01. The minimum atomic E-state index is 0. The molecular formula is C28H42NiP2. The van der Waals surface area contributed by atoms with Gasteiger partial charge in [0.15, 0.2) is 0 Å². The maximum Gasteiger partial charge on any atom is 0.0249 e. The predicted molar refractivity (Wildman–Crippen MR) is 143 cm³/mol. The van der Waals surface area contributed by atoms with Gasteiger partial charge in [-0.3, -0.25) is 0 Å². The van der Waals surface area contributed by atoms with E-state index in [0.29, 0.717) is 0 Å². The molecule has 0 amide bonds. The molecule has 0 aromatic heterocycles. The van der Waals surface area contributed by atoms with Crippen LogP contribution in [-0.2, 0) is 16.5 Å². The van der Waals surface area contributed by atoms with Crippen molar-refractivity contribution in [3.05, 3.63) is 71.8 Å². The Balaban J connectivity index is 0.000000565. The van der Waals surface area contributed by atoms with Gasteiger partial charge in [-0.25, -0.2) is 0 Å². The molecule has 2 aromatic rings. The SMILES string of the molecule is C(#Cc1ccccc1)c1ccccc1.CC(C)P(CCP(C(C)C)C(C)C)C(C)C.[Ni]. The Morgan fingerprint density at radius 1 is 0.516 bits per heavy atom. The molecule has 0 aliphatic heterocycles. The molecule has 2 aromatic carbocycles. The third kappa shape index (κ3) is 12.8. The zero-order chi connectivity index (χ0) is 22.5. The molecule has 0 saturated heterocycles. The van der Waals surface area contributed by atoms with Gasteiger partial charge in [0, 0.05) is 27.6 Å². The monoisotopic (exact) mass is 498 g/mol. The van der Waals surface area contributed by atoms with Crippen LogP contribution in [0.4, 0.5) is 0 Å². The van der Waals surface area contributed by atoms with Crippen LogP contribution in [-0.4, -0.2) is 35.0 Å². The zero-order valence-electron chi connectivity index (χ0n) is 20.7. The Morgan fingerprint density at radius 3 is 1.00 bits per heavy atom. The van der Waals surface area contributed by atoms with E-state index in [-0.39, 0.29) is 32.3 Å². The van der Waals surface area contributed by atoms with E-state index in [1.807, 2.05) is 60.7 Å². The van der Waals surface area contributed by atoms with Gasteiger partial charge in [-0.15, -0.1) is 15.8 Å². The van der Waals surface area contributed by atoms with E-state index < -0.39 is 0 Å². The third-order valence-electron chi connectivity index (χ3n) is 5.17. The minimum Gasteiger partial charge on any atom is -0.101 e. The second-order valence-corrected chi connectivity index (χ2v) is 15.9. The standard InChI is InChI=1S/C14H32P2.C14H10.Ni/c1-11(2)15(12(3)4)9-10-16(13(5)6)14(7)8;1-3-7-13(8-4-1)11-12-14-9-5-2-6-10-14;/h11-14H,9-10H2,1-8H3;1-10H;. The first-order valence-electron chi connectivity index (χ1n) is 11.4. The molecule has 3 heteroatoms. The van der Waals surface area contributed by atoms with E-state index in [2.05, 4.69) is 67.2 Å². The van der Waals surface area contributed by atoms with E-state index in [1.54, 1.807) is 0 Å². The Hall–Kier alpha value is -0.646. The quantitative estimate of drug-likeness (QED) is 0.203. The first kappa shape index (κ1) is 30.4. The minimum absolute atomic E-state index is 0. The molecule has 31 heavy (non-hydrogen) atoms. The summed E-state index contributed by atoms with van der Waals surface area (Å²) in [5.74, 6) is 6.22. The van der Waals surface area contributed by atoms with Crippen molar-refractivity contribution >= 4 is 15.8 Å². The molecule has 0 fully saturated rings. The van der Waals surface area contributed by atoms with Gasteiger partial charge >= 0.3 is 0 Å². The molecule has 0 bridgehead atoms. The van der Waals surface area contributed by atoms with Crippen LogP contribution in [0.3, 0.4) is 0 Å². The van der Waals surface area contributed by atoms with Crippen molar-refractivity contribution in [3.63, 3.8) is 0 Å². The molecule has 0 saturated carbocycles. The zero-order valence-corrected chi connectivity index (χ0v) is 23.5. The van der Waals surface area contributed by atoms with Crippen molar-refractivity contribution in [1.82, 2.24) is 0 Å². The molecular weight excluding hydrogens is 457 g/mol. The van der Waals surface area contributed by atoms with Crippen molar-refractivity contribution in [1.29, 1.82) is 0 Å². The van der Waals surface area contributed by atoms with Crippen LogP contribution in [0.25, 0.3) is 0 Å². The molecule has 0 radical (unpaired) electrons. The van der Waals surface area contributed by atoms with E-state index >= 15 is 0 Å². The first-order valence-corrected chi connectivity index (χ1v) is 14.7. The van der Waals surface area contributed by atoms with Crippen molar-refractivity contribution in [2.24, 2.45) is 0 Å². The summed E-state index contributed by atoms with van der Waals surface area (Å²) >= 11 is 0. The first-order chi connectivity index (χ1) is 14.2. The summed E-state index contributed by atoms with van der Waals surface area (Å²) in [5, 5.41) is 0. The fourth-order valence-corrected chi connectivity index (χ4v) is 9.94. The number of rotatable bonds is 7. The predicted octanol–water partition coefficient (Wildman–Crippen LogP) is 8.67. The summed E-state index contributed by atoms with van der Waals surface area (Å²) < 4.78 is 0. The average Bonchev–Trinajstić information content (AvgIpc) is 2.70. The summed E-state index contributed by atoms with van der Waals surface area (Å²) in [7, 11) is 0.511. The van der Waals surface area contributed by atoms with Gasteiger partial charge in [-0.2, -0.15) is 0 Å². The van der Waals surface area contributed by atoms with E-state index in [9.17, 15) is 0 Å². The molecule has 0 aliphatic carbocycles. The molecule has 0 atom stereocenters. The summed E-state index contributed by atoms with van der Waals surface area (Å²) in [6, 6.07) is 20.0. The normalized spacial score (nSPS) is 10.8. The van der Waals surface area contributed by atoms with E-state index in [0.717, 1.165) is 33.8 Å². The fraction of sp³-hybridized carbons (Fsp3) is 0.500. The largest absolute Gasteiger partial charge is 0.101 e. The van der Waals surface area contributed by atoms with Crippen LogP contribution in [0.15, 0.2) is 60.7 Å². The molecule has 0 aliphatic rings. The van der Waals surface area contributed by atoms with Crippen LogP contribution < -0.4 is 0 Å². The van der Waals surface area contributed by atoms with Crippen LogP contribution >= 0.6 is 15.8 Å². The maximum absolute atomic E-state index is 3.11. The van der Waals surface area contributed by atoms with Crippen molar-refractivity contribution < 1.29 is 16.5 Å². The van der Waals surface area contributed by atoms with Gasteiger partial charge in [0.25, 0.3) is 0 Å². The molecule has 2 rings (SSSR count). The van der Waals surface area contributed by atoms with Crippen LogP contribution in [0.2, 0.25) is 0 Å². The topological polar surface area (TPSA) is 0 Å². The molecule has 0 N–H and O–H groups in total. The van der Waals surface area contributed by atoms with Gasteiger partial charge in [0.1, 0.15) is 0 Å². The van der Waals surface area contributed by atoms with Gasteiger partial charge in [-0.05, 0) is 59.2 Å². The summed E-state index contributed by atoms with van der Waals surface area (Å²) in [4.78, 5) is 0. The van der Waals surface area contributed by atoms with Crippen LogP contribution in [0, 0.1) is 11.8 Å². The van der Waals surface area contributed by atoms with Gasteiger partial charge in [-0.1, -0.05) is 104 Å². The molecule has 0 spiro atoms. The number of benzene rings is 2. The second-order valence-electron chi connectivity index (χ2n) is 8.83.